The average molecular weight is 871 g/mol. The van der Waals surface area contributed by atoms with Crippen molar-refractivity contribution in [2.24, 2.45) is 17.6 Å². The SMILES string of the molecule is CCC(C)[C@@H]1NC(=O)CNC(=O)[C@@H]2Cc3c([nH]c4cc(O)ccc34)S(=O)C[C@H](NC(=O)CNC1=O)C(=O)N[C@@H](CC(N)=O)C(=O)N1CCC[C@H]1C(=O)NC([C@@H](C)CC)C(=O)N2. The van der Waals surface area contributed by atoms with Gasteiger partial charge in [-0.15, -0.1) is 0 Å². The molecule has 0 aliphatic carbocycles. The van der Waals surface area contributed by atoms with Gasteiger partial charge in [-0.2, -0.15) is 0 Å². The highest BCUT2D eigenvalue weighted by molar-refractivity contribution is 7.85. The molecule has 1 saturated heterocycles. The molecule has 3 unspecified atom stereocenters. The maximum atomic E-state index is 14.5. The quantitative estimate of drug-likeness (QED) is 0.141. The van der Waals surface area contributed by atoms with Crippen LogP contribution in [0.5, 0.6) is 5.75 Å². The first-order valence-corrected chi connectivity index (χ1v) is 21.6. The molecule has 5 rings (SSSR count). The third kappa shape index (κ3) is 11.0. The number of aromatic amines is 1. The molecule has 4 heterocycles. The monoisotopic (exact) mass is 870 g/mol. The summed E-state index contributed by atoms with van der Waals surface area (Å²) >= 11 is 0. The predicted molar refractivity (Wildman–Crippen MR) is 218 cm³/mol. The fourth-order valence-electron chi connectivity index (χ4n) is 7.58. The molecule has 61 heavy (non-hydrogen) atoms. The molecule has 2 bridgehead atoms. The van der Waals surface area contributed by atoms with Crippen molar-refractivity contribution in [3.05, 3.63) is 23.8 Å². The van der Waals surface area contributed by atoms with Crippen LogP contribution in [-0.4, -0.2) is 134 Å². The van der Waals surface area contributed by atoms with Crippen LogP contribution in [0.3, 0.4) is 0 Å². The number of carbonyl (C=O) groups excluding carboxylic acids is 9. The summed E-state index contributed by atoms with van der Waals surface area (Å²) in [5.41, 5.74) is 5.97. The Morgan fingerprint density at radius 2 is 1.46 bits per heavy atom. The van der Waals surface area contributed by atoms with E-state index in [0.29, 0.717) is 24.6 Å². The number of primary amides is 1. The van der Waals surface area contributed by atoms with E-state index in [1.165, 1.54) is 23.1 Å². The number of benzene rings is 1. The summed E-state index contributed by atoms with van der Waals surface area (Å²) in [6.07, 6.45) is 0.223. The predicted octanol–water partition coefficient (Wildman–Crippen LogP) is -2.83. The standard InChI is InChI=1S/C39H54N10O11S/c1-5-18(3)31-36(57)42-15-29(52)43-26-17-61(60)38-22(21-10-9-20(50)12-23(21)46-38)13-24(33(54)41-16-30(53)47-31)44-37(58)32(19(4)6-2)48-35(56)27-8-7-11-49(27)39(59)25(14-28(40)51)45-34(26)55/h9-10,12,18-19,24-27,31-32,46,50H,5-8,11,13-17H2,1-4H3,(H2,40,51)(H,41,54)(H,42,57)(H,43,52)(H,44,58)(H,45,55)(H,47,53)(H,48,56)/t18?,19-,24-,25-,26-,27-,31-,32?,61?/m0/s1. The van der Waals surface area contributed by atoms with Gasteiger partial charge in [0, 0.05) is 24.4 Å². The van der Waals surface area contributed by atoms with Gasteiger partial charge in [-0.25, -0.2) is 0 Å². The van der Waals surface area contributed by atoms with E-state index in [-0.39, 0.29) is 41.2 Å². The number of nitrogens with one attached hydrogen (secondary N) is 8. The second-order valence-electron chi connectivity index (χ2n) is 15.7. The van der Waals surface area contributed by atoms with Crippen molar-refractivity contribution >= 4 is 74.9 Å². The van der Waals surface area contributed by atoms with Crippen molar-refractivity contribution in [2.75, 3.05) is 25.4 Å². The lowest BCUT2D eigenvalue weighted by atomic mass is 9.96. The molecule has 3 aliphatic heterocycles. The summed E-state index contributed by atoms with van der Waals surface area (Å²) in [5, 5.41) is 28.5. The highest BCUT2D eigenvalue weighted by atomic mass is 32.2. The van der Waals surface area contributed by atoms with Crippen molar-refractivity contribution in [3.63, 3.8) is 0 Å². The zero-order valence-corrected chi connectivity index (χ0v) is 35.2. The lowest BCUT2D eigenvalue weighted by molar-refractivity contribution is -0.143. The first kappa shape index (κ1) is 46.0. The number of hydrogen-bond donors (Lipinski definition) is 10. The number of fused-ring (bicyclic) bond motifs is 5. The van der Waals surface area contributed by atoms with Crippen LogP contribution in [0, 0.1) is 11.8 Å². The fourth-order valence-corrected chi connectivity index (χ4v) is 8.97. The Labute approximate surface area is 353 Å². The molecule has 3 aliphatic rings. The van der Waals surface area contributed by atoms with Crippen molar-refractivity contribution in [2.45, 2.75) is 107 Å². The molecule has 0 spiro atoms. The summed E-state index contributed by atoms with van der Waals surface area (Å²) in [6, 6.07) is -4.28. The molecule has 22 heteroatoms. The van der Waals surface area contributed by atoms with Crippen LogP contribution >= 0.6 is 0 Å². The average Bonchev–Trinajstić information content (AvgIpc) is 3.85. The Balaban J connectivity index is 1.71. The summed E-state index contributed by atoms with van der Waals surface area (Å²) in [6.45, 7) is 5.63. The Morgan fingerprint density at radius 1 is 0.820 bits per heavy atom. The van der Waals surface area contributed by atoms with Gasteiger partial charge >= 0.3 is 0 Å². The number of carbonyl (C=O) groups is 9. The van der Waals surface area contributed by atoms with Crippen LogP contribution in [0.1, 0.15) is 65.4 Å². The van der Waals surface area contributed by atoms with Crippen molar-refractivity contribution in [1.82, 2.24) is 47.1 Å². The number of nitrogens with two attached hydrogens (primary N) is 1. The lowest BCUT2D eigenvalue weighted by Gasteiger charge is -2.32. The summed E-state index contributed by atoms with van der Waals surface area (Å²) in [4.78, 5) is 127. The van der Waals surface area contributed by atoms with Crippen LogP contribution in [0.15, 0.2) is 23.2 Å². The minimum Gasteiger partial charge on any atom is -0.508 e. The van der Waals surface area contributed by atoms with Crippen LogP contribution in [-0.2, 0) is 60.4 Å². The minimum absolute atomic E-state index is 0.0400. The number of H-pyrrole nitrogens is 1. The summed E-state index contributed by atoms with van der Waals surface area (Å²) < 4.78 is 14.5. The third-order valence-corrected chi connectivity index (χ3v) is 12.8. The van der Waals surface area contributed by atoms with Gasteiger partial charge in [-0.05, 0) is 42.4 Å². The zero-order valence-electron chi connectivity index (χ0n) is 34.4. The molecule has 9 atom stereocenters. The van der Waals surface area contributed by atoms with Gasteiger partial charge in [0.25, 0.3) is 0 Å². The van der Waals surface area contributed by atoms with Crippen LogP contribution in [0.25, 0.3) is 10.9 Å². The molecule has 1 aromatic carbocycles. The van der Waals surface area contributed by atoms with Gasteiger partial charge in [0.15, 0.2) is 0 Å². The molecule has 21 nitrogen and oxygen atoms in total. The van der Waals surface area contributed by atoms with Crippen molar-refractivity contribution in [1.29, 1.82) is 0 Å². The normalized spacial score (nSPS) is 27.5. The molecule has 0 radical (unpaired) electrons. The molecule has 9 amide bonds. The molecule has 0 saturated carbocycles. The Morgan fingerprint density at radius 3 is 2.11 bits per heavy atom. The minimum atomic E-state index is -2.28. The molecule has 1 aromatic heterocycles. The smallest absolute Gasteiger partial charge is 0.246 e. The van der Waals surface area contributed by atoms with E-state index in [1.807, 2.05) is 0 Å². The second-order valence-corrected chi connectivity index (χ2v) is 17.2. The maximum absolute atomic E-state index is 14.5. The van der Waals surface area contributed by atoms with Gasteiger partial charge in [0.1, 0.15) is 47.0 Å². The van der Waals surface area contributed by atoms with Crippen molar-refractivity contribution < 1.29 is 52.5 Å². The number of aromatic nitrogens is 1. The van der Waals surface area contributed by atoms with Gasteiger partial charge in [-0.1, -0.05) is 40.5 Å². The van der Waals surface area contributed by atoms with Crippen LogP contribution < -0.4 is 43.0 Å². The fraction of sp³-hybridized carbons (Fsp3) is 0.564. The van der Waals surface area contributed by atoms with E-state index >= 15 is 0 Å². The van der Waals surface area contributed by atoms with Crippen LogP contribution in [0.4, 0.5) is 0 Å². The Kier molecular flexibility index (Phi) is 15.1. The number of hydrogen-bond acceptors (Lipinski definition) is 11. The summed E-state index contributed by atoms with van der Waals surface area (Å²) in [5.74, 6) is -9.55. The molecular weight excluding hydrogens is 817 g/mol. The Hall–Kier alpha value is -6.06. The zero-order chi connectivity index (χ0) is 44.7. The molecule has 11 N–H and O–H groups in total. The van der Waals surface area contributed by atoms with Gasteiger partial charge in [0.2, 0.25) is 53.2 Å². The third-order valence-electron chi connectivity index (χ3n) is 11.4. The number of rotatable bonds is 6. The van der Waals surface area contributed by atoms with E-state index < -0.39 is 137 Å². The van der Waals surface area contributed by atoms with E-state index in [9.17, 15) is 52.5 Å². The first-order valence-electron chi connectivity index (χ1n) is 20.3. The van der Waals surface area contributed by atoms with E-state index in [4.69, 9.17) is 5.73 Å². The van der Waals surface area contributed by atoms with E-state index in [0.717, 1.165) is 0 Å². The second kappa shape index (κ2) is 20.0. The lowest BCUT2D eigenvalue weighted by Crippen LogP contribution is -2.61. The number of phenols is 1. The number of aromatic hydroxyl groups is 1. The molecule has 1 fully saturated rings. The Bertz CT molecular complexity index is 2110. The number of amides is 9. The van der Waals surface area contributed by atoms with Gasteiger partial charge in [-0.3, -0.25) is 47.4 Å². The van der Waals surface area contributed by atoms with Gasteiger partial charge < -0.3 is 57.9 Å². The van der Waals surface area contributed by atoms with E-state index in [2.05, 4.69) is 42.2 Å². The first-order chi connectivity index (χ1) is 28.9. The number of phenolic OH excluding ortho intramolecular Hbond substituents is 1. The maximum Gasteiger partial charge on any atom is 0.246 e. The largest absolute Gasteiger partial charge is 0.508 e. The van der Waals surface area contributed by atoms with Crippen molar-refractivity contribution in [3.8, 4) is 5.75 Å². The molecule has 332 valence electrons. The van der Waals surface area contributed by atoms with E-state index in [1.54, 1.807) is 27.7 Å². The molecular formula is C39H54N10O11S. The highest BCUT2D eigenvalue weighted by Gasteiger charge is 2.42. The summed E-state index contributed by atoms with van der Waals surface area (Å²) in [7, 11) is -2.28. The number of nitrogens with zero attached hydrogens (tertiary/aromatic N) is 1. The van der Waals surface area contributed by atoms with Gasteiger partial charge in [0.05, 0.1) is 41.6 Å². The molecule has 2 aromatic rings. The highest BCUT2D eigenvalue weighted by Crippen LogP contribution is 2.30. The van der Waals surface area contributed by atoms with Crippen LogP contribution in [0.2, 0.25) is 0 Å². The topological polar surface area (TPSA) is 320 Å².